The Hall–Kier alpha value is -2.46. The average molecular weight is 390 g/mol. The number of phenolic OH excluding ortho intramolecular Hbond substituents is 1. The molecule has 0 saturated heterocycles. The zero-order valence-corrected chi connectivity index (χ0v) is 14.4. The van der Waals surface area contributed by atoms with Crippen LogP contribution in [0.2, 0.25) is 0 Å². The van der Waals surface area contributed by atoms with Gasteiger partial charge in [-0.3, -0.25) is 14.6 Å². The molecule has 0 saturated carbocycles. The predicted octanol–water partition coefficient (Wildman–Crippen LogP) is -0.0646. The lowest BCUT2D eigenvalue weighted by Gasteiger charge is -2.24. The summed E-state index contributed by atoms with van der Waals surface area (Å²) in [5.74, 6) is 1.73. The number of carbonyl (C=O) groups excluding carboxylic acids is 1. The second-order valence-electron chi connectivity index (χ2n) is 5.25. The summed E-state index contributed by atoms with van der Waals surface area (Å²) in [4.78, 5) is 51.3. The number of carboxylic acid groups (broad SMARTS) is 2. The maximum atomic E-state index is 11.9. The average Bonchev–Trinajstić information content (AvgIpc) is 2.53. The summed E-state index contributed by atoms with van der Waals surface area (Å²) in [5, 5.41) is 28.1. The van der Waals surface area contributed by atoms with Crippen LogP contribution in [0.15, 0.2) is 18.2 Å². The number of aromatic hydroxyl groups is 1. The molecule has 0 radical (unpaired) electrons. The number of aliphatic carboxylic acids is 2. The van der Waals surface area contributed by atoms with Gasteiger partial charge in [0.25, 0.3) is 0 Å². The van der Waals surface area contributed by atoms with E-state index < -0.39 is 38.2 Å². The Balaban J connectivity index is 2.81. The molecule has 1 aromatic carbocycles. The van der Waals surface area contributed by atoms with E-state index in [0.29, 0.717) is 10.6 Å². The van der Waals surface area contributed by atoms with E-state index in [4.69, 9.17) is 20.7 Å². The van der Waals surface area contributed by atoms with Crippen molar-refractivity contribution in [1.29, 1.82) is 0 Å². The normalized spacial score (nSPS) is 11.8. The van der Waals surface area contributed by atoms with Gasteiger partial charge in [0.15, 0.2) is 11.5 Å². The summed E-state index contributed by atoms with van der Waals surface area (Å²) in [6.07, 6.45) is -0.685. The minimum atomic E-state index is -2.73. The van der Waals surface area contributed by atoms with Crippen molar-refractivity contribution in [3.8, 4) is 11.5 Å². The number of rotatable bonds is 10. The van der Waals surface area contributed by atoms with Crippen LogP contribution in [0.1, 0.15) is 24.8 Å². The van der Waals surface area contributed by atoms with Gasteiger partial charge < -0.3 is 29.6 Å². The molecule has 0 aliphatic rings. The van der Waals surface area contributed by atoms with Crippen LogP contribution >= 0.6 is 8.60 Å². The molecule has 1 atom stereocenters. The van der Waals surface area contributed by atoms with Gasteiger partial charge in [-0.25, -0.2) is 10.6 Å². The van der Waals surface area contributed by atoms with Crippen LogP contribution < -0.4 is 10.4 Å². The molecule has 26 heavy (non-hydrogen) atoms. The lowest BCUT2D eigenvalue weighted by molar-refractivity contribution is -0.150. The van der Waals surface area contributed by atoms with Crippen molar-refractivity contribution in [1.82, 2.24) is 5.01 Å². The number of carboxylic acids is 2. The van der Waals surface area contributed by atoms with Gasteiger partial charge in [-0.1, -0.05) is 6.07 Å². The molecule has 12 heteroatoms. The third kappa shape index (κ3) is 6.81. The molecule has 0 aliphatic carbocycles. The van der Waals surface area contributed by atoms with Crippen molar-refractivity contribution in [2.45, 2.75) is 31.7 Å². The quantitative estimate of drug-likeness (QED) is 0.136. The highest BCUT2D eigenvalue weighted by Crippen LogP contribution is 2.36. The fourth-order valence-electron chi connectivity index (χ4n) is 2.08. The first-order chi connectivity index (χ1) is 12.1. The summed E-state index contributed by atoms with van der Waals surface area (Å²) in [7, 11) is -2.73. The van der Waals surface area contributed by atoms with E-state index >= 15 is 0 Å². The molecule has 0 aromatic heterocycles. The first-order valence-corrected chi connectivity index (χ1v) is 8.47. The fraction of sp³-hybridized carbons (Fsp3) is 0.357. The summed E-state index contributed by atoms with van der Waals surface area (Å²) in [6, 6.07) is 2.28. The van der Waals surface area contributed by atoms with Crippen molar-refractivity contribution < 1.29 is 44.0 Å². The highest BCUT2D eigenvalue weighted by Gasteiger charge is 2.28. The molecular formula is C14H19N2O9P. The molecule has 0 spiro atoms. The molecule has 11 nitrogen and oxygen atoms in total. The number of benzene rings is 1. The van der Waals surface area contributed by atoms with Gasteiger partial charge >= 0.3 is 20.5 Å². The second kappa shape index (κ2) is 9.88. The maximum Gasteiger partial charge on any atom is 0.391 e. The Morgan fingerprint density at radius 2 is 1.85 bits per heavy atom. The van der Waals surface area contributed by atoms with Crippen molar-refractivity contribution in [3.05, 3.63) is 23.8 Å². The van der Waals surface area contributed by atoms with Crippen molar-refractivity contribution in [2.75, 3.05) is 0 Å². The van der Waals surface area contributed by atoms with Crippen LogP contribution in [-0.4, -0.2) is 54.0 Å². The van der Waals surface area contributed by atoms with Crippen molar-refractivity contribution >= 4 is 26.4 Å². The Labute approximate surface area is 149 Å². The molecule has 1 amide bonds. The van der Waals surface area contributed by atoms with Crippen LogP contribution in [0.25, 0.3) is 0 Å². The number of hydrogen-bond donors (Lipinski definition) is 6. The van der Waals surface area contributed by atoms with Crippen LogP contribution in [0.3, 0.4) is 0 Å². The van der Waals surface area contributed by atoms with Crippen molar-refractivity contribution in [3.63, 3.8) is 0 Å². The standard InChI is InChI=1S/C14H19N2O9P/c15-16(12(18)2-1-3-13(19)20)9(14(21)22)6-8-4-5-11(10(17)7-8)25-26(23)24/h4-5,7,9,17,23-24H,1-3,6,15H2,(H,19,20)(H,21,22). The molecule has 1 aromatic rings. The molecule has 0 bridgehead atoms. The highest BCUT2D eigenvalue weighted by molar-refractivity contribution is 7.39. The Kier molecular flexibility index (Phi) is 8.20. The SMILES string of the molecule is NN(C(=O)CCCC(=O)O)C(Cc1ccc(OP(O)O)c(O)c1)C(=O)O. The van der Waals surface area contributed by atoms with Gasteiger partial charge in [0.1, 0.15) is 6.04 Å². The van der Waals surface area contributed by atoms with E-state index in [9.17, 15) is 24.6 Å². The van der Waals surface area contributed by atoms with Crippen LogP contribution in [0.4, 0.5) is 0 Å². The minimum absolute atomic E-state index is 0.0202. The lowest BCUT2D eigenvalue weighted by Crippen LogP contribution is -2.50. The van der Waals surface area contributed by atoms with E-state index in [1.54, 1.807) is 0 Å². The van der Waals surface area contributed by atoms with Gasteiger partial charge in [0.2, 0.25) is 5.91 Å². The third-order valence-corrected chi connectivity index (χ3v) is 3.68. The topological polar surface area (TPSA) is 191 Å². The number of nitrogens with two attached hydrogens (primary N) is 1. The smallest absolute Gasteiger partial charge is 0.391 e. The van der Waals surface area contributed by atoms with E-state index in [1.807, 2.05) is 0 Å². The first-order valence-electron chi connectivity index (χ1n) is 7.31. The van der Waals surface area contributed by atoms with Gasteiger partial charge in [-0.2, -0.15) is 0 Å². The number of nitrogens with zero attached hydrogens (tertiary/aromatic N) is 1. The zero-order valence-electron chi connectivity index (χ0n) is 13.5. The van der Waals surface area contributed by atoms with Crippen LogP contribution in [-0.2, 0) is 20.8 Å². The maximum absolute atomic E-state index is 11.9. The molecule has 1 rings (SSSR count). The van der Waals surface area contributed by atoms with Gasteiger partial charge in [-0.05, 0) is 24.1 Å². The largest absolute Gasteiger partial charge is 0.504 e. The van der Waals surface area contributed by atoms with Gasteiger partial charge in [0, 0.05) is 19.3 Å². The Bertz CT molecular complexity index is 668. The molecule has 0 heterocycles. The summed E-state index contributed by atoms with van der Waals surface area (Å²) in [5.41, 5.74) is 0.302. The lowest BCUT2D eigenvalue weighted by atomic mass is 10.0. The first kappa shape index (κ1) is 21.6. The van der Waals surface area contributed by atoms with E-state index in [2.05, 4.69) is 4.52 Å². The van der Waals surface area contributed by atoms with Gasteiger partial charge in [-0.15, -0.1) is 0 Å². The zero-order chi connectivity index (χ0) is 19.9. The van der Waals surface area contributed by atoms with Crippen molar-refractivity contribution in [2.24, 2.45) is 5.84 Å². The van der Waals surface area contributed by atoms with E-state index in [0.717, 1.165) is 6.07 Å². The number of hydrazine groups is 1. The predicted molar refractivity (Wildman–Crippen MR) is 87.7 cm³/mol. The van der Waals surface area contributed by atoms with Gasteiger partial charge in [0.05, 0.1) is 0 Å². The Morgan fingerprint density at radius 3 is 2.35 bits per heavy atom. The molecule has 1 unspecified atom stereocenters. The third-order valence-electron chi connectivity index (χ3n) is 3.32. The van der Waals surface area contributed by atoms with Crippen LogP contribution in [0, 0.1) is 0 Å². The minimum Gasteiger partial charge on any atom is -0.504 e. The summed E-state index contributed by atoms with van der Waals surface area (Å²) < 4.78 is 4.57. The monoisotopic (exact) mass is 390 g/mol. The molecule has 7 N–H and O–H groups in total. The van der Waals surface area contributed by atoms with E-state index in [-0.39, 0.29) is 31.4 Å². The number of carbonyl (C=O) groups is 3. The number of amides is 1. The highest BCUT2D eigenvalue weighted by atomic mass is 31.2. The fourth-order valence-corrected chi connectivity index (χ4v) is 2.41. The number of hydrogen-bond acceptors (Lipinski definition) is 8. The molecule has 0 aliphatic heterocycles. The Morgan fingerprint density at radius 1 is 1.19 bits per heavy atom. The molecular weight excluding hydrogens is 371 g/mol. The summed E-state index contributed by atoms with van der Waals surface area (Å²) >= 11 is 0. The molecule has 144 valence electrons. The summed E-state index contributed by atoms with van der Waals surface area (Å²) in [6.45, 7) is 0. The van der Waals surface area contributed by atoms with Crippen LogP contribution in [0.5, 0.6) is 11.5 Å². The molecule has 0 fully saturated rings. The van der Waals surface area contributed by atoms with E-state index in [1.165, 1.54) is 12.1 Å². The second-order valence-corrected chi connectivity index (χ2v) is 5.94. The number of phenols is 1.